The molecule has 0 saturated carbocycles. The average molecular weight is 277 g/mol. The lowest BCUT2D eigenvalue weighted by Crippen LogP contribution is -2.06. The molecule has 0 saturated heterocycles. The highest BCUT2D eigenvalue weighted by Crippen LogP contribution is 2.26. The summed E-state index contributed by atoms with van der Waals surface area (Å²) in [6.45, 7) is 5.47. The van der Waals surface area contributed by atoms with Crippen LogP contribution in [0.15, 0.2) is 60.7 Å². The Morgan fingerprint density at radius 1 is 1.05 bits per heavy atom. The van der Waals surface area contributed by atoms with Crippen molar-refractivity contribution in [3.63, 3.8) is 0 Å². The Kier molecular flexibility index (Phi) is 3.40. The molecule has 0 unspecified atom stereocenters. The first-order chi connectivity index (χ1) is 10.2. The molecule has 3 aromatic rings. The Balaban J connectivity index is 2.16. The molecule has 0 N–H and O–H groups in total. The number of esters is 1. The third-order valence-electron chi connectivity index (χ3n) is 3.40. The average Bonchev–Trinajstić information content (AvgIpc) is 2.51. The summed E-state index contributed by atoms with van der Waals surface area (Å²) in [6, 6.07) is 15.8. The van der Waals surface area contributed by atoms with Gasteiger partial charge in [-0.25, -0.2) is 9.78 Å². The van der Waals surface area contributed by atoms with Crippen LogP contribution in [0.1, 0.15) is 12.5 Å². The summed E-state index contributed by atoms with van der Waals surface area (Å²) in [5.41, 5.74) is 3.18. The minimum Gasteiger partial charge on any atom is -0.457 e. The number of hydrogen-bond donors (Lipinski definition) is 0. The largest absolute Gasteiger partial charge is 0.457 e. The van der Waals surface area contributed by atoms with Crippen LogP contribution >= 0.6 is 0 Å². The smallest absolute Gasteiger partial charge is 0.333 e. The second-order valence-corrected chi connectivity index (χ2v) is 4.98. The molecule has 2 aromatic carbocycles. The fourth-order valence-electron chi connectivity index (χ4n) is 2.34. The van der Waals surface area contributed by atoms with E-state index in [-0.39, 0.29) is 12.6 Å². The SMILES string of the molecule is C=C(C)C(=O)OCc1c2ccccc2nc2ccccc12. The van der Waals surface area contributed by atoms with Gasteiger partial charge in [0.25, 0.3) is 0 Å². The maximum absolute atomic E-state index is 11.7. The lowest BCUT2D eigenvalue weighted by molar-refractivity contribution is -0.140. The van der Waals surface area contributed by atoms with Gasteiger partial charge in [-0.3, -0.25) is 0 Å². The Morgan fingerprint density at radius 2 is 1.57 bits per heavy atom. The number of hydrogen-bond acceptors (Lipinski definition) is 3. The summed E-state index contributed by atoms with van der Waals surface area (Å²) < 4.78 is 5.34. The zero-order valence-corrected chi connectivity index (χ0v) is 11.8. The van der Waals surface area contributed by atoms with E-state index in [4.69, 9.17) is 4.74 Å². The van der Waals surface area contributed by atoms with Crippen molar-refractivity contribution in [2.24, 2.45) is 0 Å². The van der Waals surface area contributed by atoms with Crippen molar-refractivity contribution < 1.29 is 9.53 Å². The molecule has 1 aromatic heterocycles. The number of fused-ring (bicyclic) bond motifs is 2. The lowest BCUT2D eigenvalue weighted by Gasteiger charge is -2.11. The van der Waals surface area contributed by atoms with Gasteiger partial charge in [0, 0.05) is 21.9 Å². The highest BCUT2D eigenvalue weighted by molar-refractivity contribution is 5.97. The first-order valence-electron chi connectivity index (χ1n) is 6.76. The Labute approximate surface area is 122 Å². The van der Waals surface area contributed by atoms with Crippen LogP contribution in [0.25, 0.3) is 21.8 Å². The molecule has 1 heterocycles. The number of benzene rings is 2. The summed E-state index contributed by atoms with van der Waals surface area (Å²) in [5, 5.41) is 2.01. The van der Waals surface area contributed by atoms with E-state index in [1.165, 1.54) is 0 Å². The Morgan fingerprint density at radius 3 is 2.10 bits per heavy atom. The Bertz CT molecular complexity index is 798. The predicted molar refractivity (Wildman–Crippen MR) is 83.9 cm³/mol. The molecule has 104 valence electrons. The third kappa shape index (κ3) is 2.50. The van der Waals surface area contributed by atoms with E-state index in [1.807, 2.05) is 48.5 Å². The van der Waals surface area contributed by atoms with Gasteiger partial charge in [-0.1, -0.05) is 43.0 Å². The molecule has 0 bridgehead atoms. The first kappa shape index (κ1) is 13.3. The number of nitrogens with zero attached hydrogens (tertiary/aromatic N) is 1. The van der Waals surface area contributed by atoms with Crippen molar-refractivity contribution in [2.75, 3.05) is 0 Å². The minimum atomic E-state index is -0.375. The van der Waals surface area contributed by atoms with E-state index in [1.54, 1.807) is 6.92 Å². The molecule has 3 nitrogen and oxygen atoms in total. The highest BCUT2D eigenvalue weighted by Gasteiger charge is 2.11. The van der Waals surface area contributed by atoms with E-state index < -0.39 is 0 Å². The van der Waals surface area contributed by atoms with Crippen molar-refractivity contribution in [1.29, 1.82) is 0 Å². The molecular formula is C18H15NO2. The monoisotopic (exact) mass is 277 g/mol. The predicted octanol–water partition coefficient (Wildman–Crippen LogP) is 4.01. The van der Waals surface area contributed by atoms with E-state index in [0.29, 0.717) is 5.57 Å². The van der Waals surface area contributed by atoms with Gasteiger partial charge in [0.05, 0.1) is 11.0 Å². The van der Waals surface area contributed by atoms with E-state index in [2.05, 4.69) is 11.6 Å². The van der Waals surface area contributed by atoms with Crippen LogP contribution in [0.2, 0.25) is 0 Å². The fraction of sp³-hybridized carbons (Fsp3) is 0.111. The highest BCUT2D eigenvalue weighted by atomic mass is 16.5. The van der Waals surface area contributed by atoms with Crippen LogP contribution in [-0.2, 0) is 16.1 Å². The van der Waals surface area contributed by atoms with Crippen molar-refractivity contribution in [3.8, 4) is 0 Å². The van der Waals surface area contributed by atoms with Gasteiger partial charge in [0.15, 0.2) is 0 Å². The maximum atomic E-state index is 11.7. The molecular weight excluding hydrogens is 262 g/mol. The quantitative estimate of drug-likeness (QED) is 0.412. The van der Waals surface area contributed by atoms with Gasteiger partial charge in [0.2, 0.25) is 0 Å². The van der Waals surface area contributed by atoms with Crippen LogP contribution in [0.5, 0.6) is 0 Å². The summed E-state index contributed by atoms with van der Waals surface area (Å²) in [5.74, 6) is -0.375. The molecule has 0 radical (unpaired) electrons. The number of carbonyl (C=O) groups excluding carboxylic acids is 1. The van der Waals surface area contributed by atoms with Crippen LogP contribution in [0, 0.1) is 0 Å². The molecule has 0 amide bonds. The van der Waals surface area contributed by atoms with Gasteiger partial charge in [-0.15, -0.1) is 0 Å². The number of aromatic nitrogens is 1. The number of pyridine rings is 1. The lowest BCUT2D eigenvalue weighted by atomic mass is 10.0. The topological polar surface area (TPSA) is 39.2 Å². The number of carbonyl (C=O) groups is 1. The van der Waals surface area contributed by atoms with Gasteiger partial charge in [-0.05, 0) is 19.1 Å². The molecule has 0 aliphatic carbocycles. The van der Waals surface area contributed by atoms with Gasteiger partial charge in [-0.2, -0.15) is 0 Å². The minimum absolute atomic E-state index is 0.217. The van der Waals surface area contributed by atoms with Crippen LogP contribution < -0.4 is 0 Å². The van der Waals surface area contributed by atoms with E-state index >= 15 is 0 Å². The summed E-state index contributed by atoms with van der Waals surface area (Å²) in [4.78, 5) is 16.3. The molecule has 0 fully saturated rings. The third-order valence-corrected chi connectivity index (χ3v) is 3.40. The van der Waals surface area contributed by atoms with Crippen molar-refractivity contribution in [2.45, 2.75) is 13.5 Å². The molecule has 3 heteroatoms. The molecule has 3 rings (SSSR count). The number of ether oxygens (including phenoxy) is 1. The van der Waals surface area contributed by atoms with Crippen LogP contribution in [-0.4, -0.2) is 11.0 Å². The van der Waals surface area contributed by atoms with Crippen molar-refractivity contribution in [1.82, 2.24) is 4.98 Å². The number of rotatable bonds is 3. The van der Waals surface area contributed by atoms with Gasteiger partial charge in [0.1, 0.15) is 6.61 Å². The molecule has 0 aliphatic heterocycles. The zero-order valence-electron chi connectivity index (χ0n) is 11.8. The van der Waals surface area contributed by atoms with E-state index in [0.717, 1.165) is 27.4 Å². The number of para-hydroxylation sites is 2. The molecule has 21 heavy (non-hydrogen) atoms. The molecule has 0 spiro atoms. The maximum Gasteiger partial charge on any atom is 0.333 e. The Hall–Kier alpha value is -2.68. The van der Waals surface area contributed by atoms with Gasteiger partial charge < -0.3 is 4.74 Å². The first-order valence-corrected chi connectivity index (χ1v) is 6.76. The normalized spacial score (nSPS) is 10.7. The van der Waals surface area contributed by atoms with Crippen LogP contribution in [0.3, 0.4) is 0 Å². The molecule has 0 aliphatic rings. The zero-order chi connectivity index (χ0) is 14.8. The second kappa shape index (κ2) is 5.37. The molecule has 0 atom stereocenters. The van der Waals surface area contributed by atoms with Crippen molar-refractivity contribution >= 4 is 27.8 Å². The summed E-state index contributed by atoms with van der Waals surface area (Å²) in [6.07, 6.45) is 0. The van der Waals surface area contributed by atoms with Crippen molar-refractivity contribution in [3.05, 3.63) is 66.2 Å². The second-order valence-electron chi connectivity index (χ2n) is 4.98. The summed E-state index contributed by atoms with van der Waals surface area (Å²) in [7, 11) is 0. The fourth-order valence-corrected chi connectivity index (χ4v) is 2.34. The van der Waals surface area contributed by atoms with Gasteiger partial charge >= 0.3 is 5.97 Å². The van der Waals surface area contributed by atoms with E-state index in [9.17, 15) is 4.79 Å². The summed E-state index contributed by atoms with van der Waals surface area (Å²) >= 11 is 0. The standard InChI is InChI=1S/C18H15NO2/c1-12(2)18(20)21-11-15-13-7-3-5-9-16(13)19-17-10-6-4-8-14(15)17/h3-10H,1,11H2,2H3. The van der Waals surface area contributed by atoms with Crippen LogP contribution in [0.4, 0.5) is 0 Å².